The van der Waals surface area contributed by atoms with Gasteiger partial charge in [0.15, 0.2) is 12.3 Å². The average Bonchev–Trinajstić information content (AvgIpc) is 3.20. The van der Waals surface area contributed by atoms with Crippen LogP contribution in [0, 0.1) is 0 Å². The Bertz CT molecular complexity index is 589. The van der Waals surface area contributed by atoms with Crippen LogP contribution in [0.15, 0.2) is 40.3 Å². The van der Waals surface area contributed by atoms with Crippen molar-refractivity contribution >= 4 is 23.3 Å². The second-order valence-corrected chi connectivity index (χ2v) is 6.80. The molecule has 2 rings (SSSR count). The van der Waals surface area contributed by atoms with Crippen molar-refractivity contribution in [1.29, 1.82) is 0 Å². The monoisotopic (exact) mass is 350 g/mol. The van der Waals surface area contributed by atoms with Crippen LogP contribution in [0.5, 0.6) is 0 Å². The number of rotatable bonds is 8. The SMILES string of the molecule is CC[C@H](C)NC(=O)NC(=O)C[NH+](Cc1ccco1)Cc1cccs1. The van der Waals surface area contributed by atoms with Gasteiger partial charge in [-0.1, -0.05) is 13.0 Å². The molecule has 24 heavy (non-hydrogen) atoms. The first-order valence-electron chi connectivity index (χ1n) is 8.05. The van der Waals surface area contributed by atoms with Crippen molar-refractivity contribution in [2.24, 2.45) is 0 Å². The predicted molar refractivity (Wildman–Crippen MR) is 92.7 cm³/mol. The van der Waals surface area contributed by atoms with Crippen LogP contribution in [0.2, 0.25) is 0 Å². The summed E-state index contributed by atoms with van der Waals surface area (Å²) < 4.78 is 5.38. The largest absolute Gasteiger partial charge is 0.463 e. The first kappa shape index (κ1) is 18.2. The first-order valence-corrected chi connectivity index (χ1v) is 8.93. The minimum Gasteiger partial charge on any atom is -0.463 e. The third kappa shape index (κ3) is 6.17. The van der Waals surface area contributed by atoms with Gasteiger partial charge in [-0.2, -0.15) is 0 Å². The second kappa shape index (κ2) is 9.24. The molecule has 6 nitrogen and oxygen atoms in total. The van der Waals surface area contributed by atoms with Crippen LogP contribution >= 0.6 is 11.3 Å². The molecule has 0 aliphatic heterocycles. The van der Waals surface area contributed by atoms with Crippen molar-refractivity contribution in [1.82, 2.24) is 10.6 Å². The lowest BCUT2D eigenvalue weighted by Gasteiger charge is -2.18. The van der Waals surface area contributed by atoms with Crippen LogP contribution < -0.4 is 15.5 Å². The van der Waals surface area contributed by atoms with E-state index in [9.17, 15) is 9.59 Å². The van der Waals surface area contributed by atoms with E-state index in [1.807, 2.05) is 43.5 Å². The van der Waals surface area contributed by atoms with E-state index in [1.165, 1.54) is 4.88 Å². The molecule has 0 saturated heterocycles. The van der Waals surface area contributed by atoms with Crippen LogP contribution in [-0.2, 0) is 17.9 Å². The van der Waals surface area contributed by atoms with E-state index in [4.69, 9.17) is 4.42 Å². The van der Waals surface area contributed by atoms with E-state index in [1.54, 1.807) is 17.6 Å². The fourth-order valence-corrected chi connectivity index (χ4v) is 3.04. The molecular formula is C17H24N3O3S+. The number of hydrogen-bond acceptors (Lipinski definition) is 4. The molecule has 2 aromatic rings. The molecular weight excluding hydrogens is 326 g/mol. The molecule has 0 bridgehead atoms. The summed E-state index contributed by atoms with van der Waals surface area (Å²) in [6.45, 7) is 5.37. The Morgan fingerprint density at radius 3 is 2.75 bits per heavy atom. The molecule has 3 amide bonds. The van der Waals surface area contributed by atoms with Crippen molar-refractivity contribution in [3.8, 4) is 0 Å². The summed E-state index contributed by atoms with van der Waals surface area (Å²) in [5.41, 5.74) is 0. The second-order valence-electron chi connectivity index (χ2n) is 5.77. The van der Waals surface area contributed by atoms with Gasteiger partial charge in [0, 0.05) is 6.04 Å². The molecule has 2 aromatic heterocycles. The van der Waals surface area contributed by atoms with Crippen molar-refractivity contribution in [2.45, 2.75) is 39.4 Å². The molecule has 2 heterocycles. The minimum atomic E-state index is -0.442. The van der Waals surface area contributed by atoms with Gasteiger partial charge in [0.2, 0.25) is 0 Å². The third-order valence-electron chi connectivity index (χ3n) is 3.66. The number of imide groups is 1. The van der Waals surface area contributed by atoms with Crippen LogP contribution in [-0.4, -0.2) is 24.5 Å². The number of amides is 3. The third-order valence-corrected chi connectivity index (χ3v) is 4.54. The predicted octanol–water partition coefficient (Wildman–Crippen LogP) is 1.55. The molecule has 130 valence electrons. The number of carbonyl (C=O) groups excluding carboxylic acids is 2. The van der Waals surface area contributed by atoms with Crippen LogP contribution in [0.3, 0.4) is 0 Å². The fraction of sp³-hybridized carbons (Fsp3) is 0.412. The highest BCUT2D eigenvalue weighted by atomic mass is 32.1. The van der Waals surface area contributed by atoms with E-state index in [0.717, 1.165) is 17.1 Å². The summed E-state index contributed by atoms with van der Waals surface area (Å²) in [7, 11) is 0. The number of thiophene rings is 1. The molecule has 0 radical (unpaired) electrons. The van der Waals surface area contributed by atoms with Crippen molar-refractivity contribution in [3.63, 3.8) is 0 Å². The summed E-state index contributed by atoms with van der Waals surface area (Å²) in [5.74, 6) is 0.521. The summed E-state index contributed by atoms with van der Waals surface area (Å²) in [6, 6.07) is 7.35. The molecule has 0 fully saturated rings. The van der Waals surface area contributed by atoms with E-state index < -0.39 is 6.03 Å². The molecule has 0 saturated carbocycles. The van der Waals surface area contributed by atoms with Gasteiger partial charge in [-0.25, -0.2) is 4.79 Å². The van der Waals surface area contributed by atoms with Gasteiger partial charge in [0.05, 0.1) is 11.1 Å². The number of furan rings is 1. The maximum absolute atomic E-state index is 12.2. The molecule has 7 heteroatoms. The number of hydrogen-bond donors (Lipinski definition) is 3. The highest BCUT2D eigenvalue weighted by Gasteiger charge is 2.19. The highest BCUT2D eigenvalue weighted by molar-refractivity contribution is 7.09. The first-order chi connectivity index (χ1) is 11.6. The topological polar surface area (TPSA) is 75.8 Å². The van der Waals surface area contributed by atoms with Gasteiger partial charge in [-0.05, 0) is 36.9 Å². The normalized spacial score (nSPS) is 13.2. The van der Waals surface area contributed by atoms with Crippen LogP contribution in [0.1, 0.15) is 30.9 Å². The summed E-state index contributed by atoms with van der Waals surface area (Å²) in [5, 5.41) is 7.14. The lowest BCUT2D eigenvalue weighted by Crippen LogP contribution is -3.10. The molecule has 3 N–H and O–H groups in total. The highest BCUT2D eigenvalue weighted by Crippen LogP contribution is 2.06. The van der Waals surface area contributed by atoms with Gasteiger partial charge < -0.3 is 14.6 Å². The Balaban J connectivity index is 1.91. The number of nitrogens with one attached hydrogen (secondary N) is 3. The number of quaternary nitrogens is 1. The van der Waals surface area contributed by atoms with Gasteiger partial charge in [0.1, 0.15) is 13.1 Å². The maximum atomic E-state index is 12.2. The Morgan fingerprint density at radius 1 is 1.29 bits per heavy atom. The van der Waals surface area contributed by atoms with Crippen LogP contribution in [0.4, 0.5) is 4.79 Å². The summed E-state index contributed by atoms with van der Waals surface area (Å²) in [6.07, 6.45) is 2.44. The zero-order valence-corrected chi connectivity index (χ0v) is 14.8. The van der Waals surface area contributed by atoms with E-state index in [2.05, 4.69) is 10.6 Å². The zero-order chi connectivity index (χ0) is 17.4. The van der Waals surface area contributed by atoms with Gasteiger partial charge >= 0.3 is 6.03 Å². The van der Waals surface area contributed by atoms with Crippen molar-refractivity contribution in [2.75, 3.05) is 6.54 Å². The van der Waals surface area contributed by atoms with Gasteiger partial charge in [-0.15, -0.1) is 11.3 Å². The van der Waals surface area contributed by atoms with Crippen molar-refractivity contribution < 1.29 is 18.9 Å². The Kier molecular flexibility index (Phi) is 7.02. The lowest BCUT2D eigenvalue weighted by molar-refractivity contribution is -0.920. The quantitative estimate of drug-likeness (QED) is 0.676. The molecule has 2 atom stereocenters. The molecule has 1 unspecified atom stereocenters. The number of carbonyl (C=O) groups is 2. The van der Waals surface area contributed by atoms with E-state index in [0.29, 0.717) is 13.1 Å². The fourth-order valence-electron chi connectivity index (χ4n) is 2.27. The van der Waals surface area contributed by atoms with Crippen molar-refractivity contribution in [3.05, 3.63) is 46.5 Å². The standard InChI is InChI=1S/C17H23N3O3S/c1-3-13(2)18-17(22)19-16(21)12-20(10-14-6-4-8-23-14)11-15-7-5-9-24-15/h4-9,13H,3,10-12H2,1-2H3,(H2,18,19,21,22)/p+1/t13-/m0/s1. The summed E-state index contributed by atoms with van der Waals surface area (Å²) >= 11 is 1.65. The summed E-state index contributed by atoms with van der Waals surface area (Å²) in [4.78, 5) is 26.1. The Hall–Kier alpha value is -2.12. The minimum absolute atomic E-state index is 0.0375. The smallest absolute Gasteiger partial charge is 0.321 e. The Labute approximate surface area is 145 Å². The Morgan fingerprint density at radius 2 is 2.12 bits per heavy atom. The van der Waals surface area contributed by atoms with E-state index >= 15 is 0 Å². The molecule has 0 spiro atoms. The lowest BCUT2D eigenvalue weighted by atomic mass is 10.3. The molecule has 0 aromatic carbocycles. The van der Waals surface area contributed by atoms with Gasteiger partial charge in [0.25, 0.3) is 5.91 Å². The average molecular weight is 350 g/mol. The maximum Gasteiger partial charge on any atom is 0.321 e. The zero-order valence-electron chi connectivity index (χ0n) is 14.0. The van der Waals surface area contributed by atoms with Gasteiger partial charge in [-0.3, -0.25) is 10.1 Å². The van der Waals surface area contributed by atoms with E-state index in [-0.39, 0.29) is 18.5 Å². The number of urea groups is 1. The molecule has 0 aliphatic rings. The van der Waals surface area contributed by atoms with Crippen LogP contribution in [0.25, 0.3) is 0 Å². The molecule has 0 aliphatic carbocycles.